The SMILES string of the molecule is C#C[C@@H](O)[C@@H](O[C@@H](CO)COC(Cc1cccc(OC)c1)(C(=O)O)C(=O)O)n1cnc2c(N)nc(Cl)nc21. The van der Waals surface area contributed by atoms with Gasteiger partial charge in [-0.25, -0.2) is 14.6 Å². The van der Waals surface area contributed by atoms with Gasteiger partial charge in [-0.3, -0.25) is 4.57 Å². The normalized spacial score (nSPS) is 14.0. The van der Waals surface area contributed by atoms with Gasteiger partial charge in [0, 0.05) is 6.42 Å². The molecule has 1 aromatic carbocycles. The quantitative estimate of drug-likeness (QED) is 0.109. The van der Waals surface area contributed by atoms with Crippen LogP contribution in [-0.2, 0) is 25.5 Å². The Labute approximate surface area is 220 Å². The Bertz CT molecular complexity index is 1340. The summed E-state index contributed by atoms with van der Waals surface area (Å²) in [5.41, 5.74) is 3.53. The highest BCUT2D eigenvalue weighted by molar-refractivity contribution is 6.28. The molecular weight excluding hydrogens is 526 g/mol. The molecule has 2 aromatic heterocycles. The second kappa shape index (κ2) is 12.0. The molecule has 0 aliphatic heterocycles. The number of aliphatic hydroxyl groups is 2. The molecule has 2 heterocycles. The molecular formula is C23H24ClN5O9. The summed E-state index contributed by atoms with van der Waals surface area (Å²) in [6, 6.07) is 6.14. The predicted molar refractivity (Wildman–Crippen MR) is 131 cm³/mol. The van der Waals surface area contributed by atoms with Crippen molar-refractivity contribution in [2.45, 2.75) is 30.5 Å². The number of carbonyl (C=O) groups is 2. The van der Waals surface area contributed by atoms with E-state index < -0.39 is 55.6 Å². The van der Waals surface area contributed by atoms with Crippen LogP contribution in [0, 0.1) is 12.3 Å². The summed E-state index contributed by atoms with van der Waals surface area (Å²) in [6.45, 7) is -1.50. The van der Waals surface area contributed by atoms with Crippen molar-refractivity contribution in [1.29, 1.82) is 0 Å². The average molecular weight is 550 g/mol. The molecule has 3 aromatic rings. The number of imidazole rings is 1. The number of nitrogen functional groups attached to an aromatic ring is 1. The van der Waals surface area contributed by atoms with Gasteiger partial charge in [-0.2, -0.15) is 9.97 Å². The third-order valence-corrected chi connectivity index (χ3v) is 5.63. The Hall–Kier alpha value is -4.00. The number of benzene rings is 1. The first kappa shape index (κ1) is 28.6. The van der Waals surface area contributed by atoms with E-state index in [1.54, 1.807) is 12.1 Å². The first-order valence-electron chi connectivity index (χ1n) is 10.9. The summed E-state index contributed by atoms with van der Waals surface area (Å²) in [7, 11) is 1.40. The molecule has 0 fully saturated rings. The number of fused-ring (bicyclic) bond motifs is 1. The number of aliphatic carboxylic acids is 2. The van der Waals surface area contributed by atoms with Crippen molar-refractivity contribution in [2.75, 3.05) is 26.1 Å². The molecule has 15 heteroatoms. The minimum Gasteiger partial charge on any atom is -0.497 e. The lowest BCUT2D eigenvalue weighted by Crippen LogP contribution is -2.52. The van der Waals surface area contributed by atoms with Gasteiger partial charge in [0.1, 0.15) is 17.4 Å². The minimum atomic E-state index is -2.75. The summed E-state index contributed by atoms with van der Waals surface area (Å²) in [5, 5.41) is 39.8. The van der Waals surface area contributed by atoms with Gasteiger partial charge in [-0.1, -0.05) is 18.1 Å². The van der Waals surface area contributed by atoms with Crippen LogP contribution in [0.25, 0.3) is 11.2 Å². The highest BCUT2D eigenvalue weighted by Crippen LogP contribution is 2.27. The Balaban J connectivity index is 1.89. The summed E-state index contributed by atoms with van der Waals surface area (Å²) in [6.07, 6.45) is 1.55. The predicted octanol–water partition coefficient (Wildman–Crippen LogP) is 0.108. The van der Waals surface area contributed by atoms with Crippen molar-refractivity contribution in [3.63, 3.8) is 0 Å². The number of hydrogen-bond donors (Lipinski definition) is 5. The number of anilines is 1. The molecule has 38 heavy (non-hydrogen) atoms. The topological polar surface area (TPSA) is 212 Å². The van der Waals surface area contributed by atoms with Gasteiger partial charge in [0.25, 0.3) is 5.60 Å². The van der Waals surface area contributed by atoms with Crippen molar-refractivity contribution < 1.29 is 44.2 Å². The number of ether oxygens (including phenoxy) is 3. The molecule has 0 aliphatic rings. The lowest BCUT2D eigenvalue weighted by Gasteiger charge is -2.30. The molecule has 202 valence electrons. The zero-order valence-corrected chi connectivity index (χ0v) is 20.6. The maximum Gasteiger partial charge on any atom is 0.348 e. The number of methoxy groups -OCH3 is 1. The van der Waals surface area contributed by atoms with E-state index in [1.807, 2.05) is 0 Å². The van der Waals surface area contributed by atoms with E-state index in [9.17, 15) is 30.0 Å². The molecule has 0 unspecified atom stereocenters. The highest BCUT2D eigenvalue weighted by atomic mass is 35.5. The smallest absolute Gasteiger partial charge is 0.348 e. The molecule has 3 rings (SSSR count). The van der Waals surface area contributed by atoms with Crippen molar-refractivity contribution in [1.82, 2.24) is 19.5 Å². The molecule has 0 amide bonds. The zero-order valence-electron chi connectivity index (χ0n) is 19.9. The van der Waals surface area contributed by atoms with Crippen LogP contribution in [-0.4, -0.2) is 90.0 Å². The largest absolute Gasteiger partial charge is 0.497 e. The van der Waals surface area contributed by atoms with Gasteiger partial charge in [0.15, 0.2) is 23.8 Å². The number of aliphatic hydroxyl groups excluding tert-OH is 2. The van der Waals surface area contributed by atoms with Gasteiger partial charge < -0.3 is 40.4 Å². The maximum absolute atomic E-state index is 12.1. The molecule has 0 spiro atoms. The van der Waals surface area contributed by atoms with Crippen LogP contribution >= 0.6 is 11.6 Å². The second-order valence-corrected chi connectivity index (χ2v) is 8.26. The van der Waals surface area contributed by atoms with Crippen LogP contribution in [0.15, 0.2) is 30.6 Å². The Morgan fingerprint density at radius 3 is 2.61 bits per heavy atom. The number of rotatable bonds is 13. The van der Waals surface area contributed by atoms with E-state index >= 15 is 0 Å². The minimum absolute atomic E-state index is 0.0443. The van der Waals surface area contributed by atoms with E-state index in [-0.39, 0.29) is 22.3 Å². The fourth-order valence-corrected chi connectivity index (χ4v) is 3.70. The molecule has 0 radical (unpaired) electrons. The lowest BCUT2D eigenvalue weighted by atomic mass is 9.94. The Kier molecular flexibility index (Phi) is 9.04. The van der Waals surface area contributed by atoms with Crippen LogP contribution in [0.3, 0.4) is 0 Å². The van der Waals surface area contributed by atoms with Gasteiger partial charge >= 0.3 is 11.9 Å². The standard InChI is InChI=1S/C23H24ClN5O9/c1-3-15(31)19(29-11-26-16-17(25)27-22(24)28-18(16)29)38-14(9-30)10-37-23(20(32)33,21(34)35)8-12-5-4-6-13(7-12)36-2/h1,4-7,11,14-15,19,30-31H,8-10H2,2H3,(H,32,33)(H,34,35)(H2,25,27,28)/t14-,15+,19+/m0/s1. The third-order valence-electron chi connectivity index (χ3n) is 5.47. The van der Waals surface area contributed by atoms with E-state index in [4.69, 9.17) is 38.0 Å². The van der Waals surface area contributed by atoms with Gasteiger partial charge in [0.2, 0.25) is 5.28 Å². The van der Waals surface area contributed by atoms with Crippen molar-refractivity contribution in [2.24, 2.45) is 0 Å². The van der Waals surface area contributed by atoms with Crippen molar-refractivity contribution in [3.05, 3.63) is 41.4 Å². The average Bonchev–Trinajstić information content (AvgIpc) is 3.31. The number of carboxylic acids is 2. The molecule has 3 atom stereocenters. The lowest BCUT2D eigenvalue weighted by molar-refractivity contribution is -0.195. The van der Waals surface area contributed by atoms with Gasteiger partial charge in [-0.05, 0) is 29.3 Å². The number of carboxylic acid groups (broad SMARTS) is 2. The van der Waals surface area contributed by atoms with E-state index in [0.717, 1.165) is 0 Å². The Morgan fingerprint density at radius 2 is 2.00 bits per heavy atom. The van der Waals surface area contributed by atoms with E-state index in [2.05, 4.69) is 20.9 Å². The maximum atomic E-state index is 12.1. The van der Waals surface area contributed by atoms with Gasteiger partial charge in [-0.15, -0.1) is 6.42 Å². The number of hydrogen-bond acceptors (Lipinski definition) is 11. The fraction of sp³-hybridized carbons (Fsp3) is 0.348. The van der Waals surface area contributed by atoms with Crippen molar-refractivity contribution >= 4 is 40.5 Å². The molecule has 0 saturated carbocycles. The summed E-state index contributed by atoms with van der Waals surface area (Å²) in [5.74, 6) is -1.16. The zero-order chi connectivity index (χ0) is 28.0. The third kappa shape index (κ3) is 5.93. The number of nitrogens with zero attached hydrogens (tertiary/aromatic N) is 4. The van der Waals surface area contributed by atoms with Gasteiger partial charge in [0.05, 0.1) is 26.7 Å². The van der Waals surface area contributed by atoms with Crippen LogP contribution < -0.4 is 10.5 Å². The number of nitrogens with two attached hydrogens (primary N) is 1. The van der Waals surface area contributed by atoms with Crippen LogP contribution in [0.5, 0.6) is 5.75 Å². The summed E-state index contributed by atoms with van der Waals surface area (Å²) < 4.78 is 17.4. The summed E-state index contributed by atoms with van der Waals surface area (Å²) in [4.78, 5) is 36.1. The number of aromatic nitrogens is 4. The molecule has 0 bridgehead atoms. The van der Waals surface area contributed by atoms with Crippen LogP contribution in [0.1, 0.15) is 11.8 Å². The monoisotopic (exact) mass is 549 g/mol. The summed E-state index contributed by atoms with van der Waals surface area (Å²) >= 11 is 5.88. The van der Waals surface area contributed by atoms with Crippen LogP contribution in [0.2, 0.25) is 5.28 Å². The Morgan fingerprint density at radius 1 is 1.29 bits per heavy atom. The first-order valence-corrected chi connectivity index (χ1v) is 11.2. The van der Waals surface area contributed by atoms with Crippen LogP contribution in [0.4, 0.5) is 5.82 Å². The molecule has 6 N–H and O–H groups in total. The number of halogens is 1. The fourth-order valence-electron chi connectivity index (χ4n) is 3.53. The highest BCUT2D eigenvalue weighted by Gasteiger charge is 2.49. The molecule has 0 aliphatic carbocycles. The molecule has 0 saturated heterocycles. The first-order chi connectivity index (χ1) is 18.1. The van der Waals surface area contributed by atoms with Crippen molar-refractivity contribution in [3.8, 4) is 18.1 Å². The van der Waals surface area contributed by atoms with E-state index in [0.29, 0.717) is 11.3 Å². The second-order valence-electron chi connectivity index (χ2n) is 7.92. The van der Waals surface area contributed by atoms with E-state index in [1.165, 1.54) is 30.1 Å². The molecule has 14 nitrogen and oxygen atoms in total. The number of terminal acetylenes is 1.